The molecule has 1 aromatic rings. The molecule has 0 bridgehead atoms. The average Bonchev–Trinajstić information content (AvgIpc) is 3.16. The van der Waals surface area contributed by atoms with Crippen LogP contribution >= 0.6 is 24.0 Å². The largest absolute Gasteiger partial charge is 0.386 e. The summed E-state index contributed by atoms with van der Waals surface area (Å²) in [5.74, 6) is 0.895. The molecule has 3 heterocycles. The lowest BCUT2D eigenvalue weighted by Gasteiger charge is -2.32. The summed E-state index contributed by atoms with van der Waals surface area (Å²) in [5, 5.41) is 13.7. The van der Waals surface area contributed by atoms with E-state index < -0.39 is 6.10 Å². The van der Waals surface area contributed by atoms with Gasteiger partial charge in [-0.2, -0.15) is 0 Å². The third-order valence-electron chi connectivity index (χ3n) is 4.86. The van der Waals surface area contributed by atoms with Crippen molar-refractivity contribution in [2.75, 3.05) is 52.5 Å². The fourth-order valence-corrected chi connectivity index (χ4v) is 3.46. The third kappa shape index (κ3) is 5.77. The predicted octanol–water partition coefficient (Wildman–Crippen LogP) is 1.10. The summed E-state index contributed by atoms with van der Waals surface area (Å²) in [6.45, 7) is 8.94. The van der Waals surface area contributed by atoms with Crippen molar-refractivity contribution in [3.63, 3.8) is 0 Å². The maximum absolute atomic E-state index is 10.3. The monoisotopic (exact) mass is 475 g/mol. The van der Waals surface area contributed by atoms with E-state index in [1.807, 2.05) is 12.1 Å². The molecule has 0 spiro atoms. The number of aliphatic hydroxyl groups excluding tert-OH is 1. The van der Waals surface area contributed by atoms with Crippen LogP contribution in [0.4, 0.5) is 0 Å². The number of halogens is 1. The number of ether oxygens (including phenoxy) is 1. The Kier molecular flexibility index (Phi) is 9.03. The van der Waals surface area contributed by atoms with E-state index in [0.29, 0.717) is 12.6 Å². The summed E-state index contributed by atoms with van der Waals surface area (Å²) in [7, 11) is 0. The second-order valence-corrected chi connectivity index (χ2v) is 6.53. The Morgan fingerprint density at radius 1 is 1.35 bits per heavy atom. The van der Waals surface area contributed by atoms with Crippen molar-refractivity contribution in [1.29, 1.82) is 0 Å². The molecular weight excluding hydrogens is 445 g/mol. The standard InChI is InChI=1S/C18H29N5O2.HI/c1-2-20-18(21-13-17(24)15-3-6-19-7-4-15)23-8-5-16(14-23)22-9-11-25-12-10-22;/h3-4,6-7,16-17,24H,2,5,8-14H2,1H3,(H,20,21);1H. The lowest BCUT2D eigenvalue weighted by atomic mass is 10.1. The van der Waals surface area contributed by atoms with E-state index in [1.54, 1.807) is 12.4 Å². The Hall–Kier alpha value is -0.970. The zero-order valence-corrected chi connectivity index (χ0v) is 17.7. The number of likely N-dealkylation sites (tertiary alicyclic amines) is 1. The number of aliphatic imine (C=N–C) groups is 1. The van der Waals surface area contributed by atoms with Gasteiger partial charge in [-0.3, -0.25) is 14.9 Å². The molecule has 0 amide bonds. The minimum absolute atomic E-state index is 0. The van der Waals surface area contributed by atoms with Crippen molar-refractivity contribution in [2.24, 2.45) is 4.99 Å². The van der Waals surface area contributed by atoms with Crippen LogP contribution < -0.4 is 5.32 Å². The topological polar surface area (TPSA) is 73.2 Å². The fourth-order valence-electron chi connectivity index (χ4n) is 3.46. The molecule has 2 fully saturated rings. The molecule has 2 unspecified atom stereocenters. The molecule has 1 aromatic heterocycles. The van der Waals surface area contributed by atoms with E-state index in [0.717, 1.165) is 63.9 Å². The van der Waals surface area contributed by atoms with Gasteiger partial charge >= 0.3 is 0 Å². The number of rotatable bonds is 5. The van der Waals surface area contributed by atoms with Gasteiger partial charge in [-0.1, -0.05) is 0 Å². The van der Waals surface area contributed by atoms with Gasteiger partial charge in [0.25, 0.3) is 0 Å². The minimum Gasteiger partial charge on any atom is -0.386 e. The van der Waals surface area contributed by atoms with Crippen LogP contribution in [0.15, 0.2) is 29.5 Å². The molecule has 0 aromatic carbocycles. The molecule has 3 rings (SSSR count). The molecule has 2 N–H and O–H groups in total. The zero-order valence-electron chi connectivity index (χ0n) is 15.4. The predicted molar refractivity (Wildman–Crippen MR) is 113 cm³/mol. The van der Waals surface area contributed by atoms with Crippen LogP contribution in [0.25, 0.3) is 0 Å². The Morgan fingerprint density at radius 3 is 2.77 bits per heavy atom. The van der Waals surface area contributed by atoms with E-state index in [2.05, 4.69) is 32.0 Å². The van der Waals surface area contributed by atoms with Gasteiger partial charge in [-0.05, 0) is 31.0 Å². The van der Waals surface area contributed by atoms with E-state index in [-0.39, 0.29) is 24.0 Å². The van der Waals surface area contributed by atoms with Gasteiger partial charge in [-0.25, -0.2) is 0 Å². The summed E-state index contributed by atoms with van der Waals surface area (Å²) < 4.78 is 5.46. The van der Waals surface area contributed by atoms with Crippen molar-refractivity contribution >= 4 is 29.9 Å². The molecular formula is C18H30IN5O2. The third-order valence-corrected chi connectivity index (χ3v) is 4.86. The first kappa shape index (κ1) is 21.3. The van der Waals surface area contributed by atoms with Crippen molar-refractivity contribution in [3.05, 3.63) is 30.1 Å². The van der Waals surface area contributed by atoms with Crippen LogP contribution in [0.1, 0.15) is 25.0 Å². The SMILES string of the molecule is CCNC(=NCC(O)c1ccncc1)N1CCC(N2CCOCC2)C1.I. The van der Waals surface area contributed by atoms with Crippen LogP contribution in [-0.4, -0.2) is 84.4 Å². The first-order valence-corrected chi connectivity index (χ1v) is 9.21. The van der Waals surface area contributed by atoms with Crippen LogP contribution in [0, 0.1) is 0 Å². The Balaban J connectivity index is 0.00000243. The van der Waals surface area contributed by atoms with Gasteiger partial charge in [0.1, 0.15) is 0 Å². The van der Waals surface area contributed by atoms with E-state index >= 15 is 0 Å². The molecule has 2 saturated heterocycles. The second-order valence-electron chi connectivity index (χ2n) is 6.53. The lowest BCUT2D eigenvalue weighted by Crippen LogP contribution is -2.46. The van der Waals surface area contributed by atoms with Gasteiger partial charge < -0.3 is 20.1 Å². The minimum atomic E-state index is -0.603. The quantitative estimate of drug-likeness (QED) is 0.378. The molecule has 26 heavy (non-hydrogen) atoms. The van der Waals surface area contributed by atoms with Crippen LogP contribution in [0.3, 0.4) is 0 Å². The Labute approximate surface area is 172 Å². The molecule has 2 aliphatic heterocycles. The van der Waals surface area contributed by atoms with E-state index in [1.165, 1.54) is 0 Å². The van der Waals surface area contributed by atoms with E-state index in [9.17, 15) is 5.11 Å². The number of guanidine groups is 1. The molecule has 146 valence electrons. The van der Waals surface area contributed by atoms with Crippen LogP contribution in [-0.2, 0) is 4.74 Å². The highest BCUT2D eigenvalue weighted by atomic mass is 127. The Bertz CT molecular complexity index is 554. The first-order chi connectivity index (χ1) is 12.3. The molecule has 0 aliphatic carbocycles. The Morgan fingerprint density at radius 2 is 2.08 bits per heavy atom. The molecule has 7 nitrogen and oxygen atoms in total. The van der Waals surface area contributed by atoms with Gasteiger partial charge in [0.2, 0.25) is 0 Å². The summed E-state index contributed by atoms with van der Waals surface area (Å²) in [6, 6.07) is 4.23. The molecule has 0 saturated carbocycles. The molecule has 8 heteroatoms. The average molecular weight is 475 g/mol. The number of aliphatic hydroxyl groups is 1. The summed E-state index contributed by atoms with van der Waals surface area (Å²) >= 11 is 0. The van der Waals surface area contributed by atoms with Gasteiger partial charge in [-0.15, -0.1) is 24.0 Å². The smallest absolute Gasteiger partial charge is 0.194 e. The highest BCUT2D eigenvalue weighted by molar-refractivity contribution is 14.0. The van der Waals surface area contributed by atoms with Crippen molar-refractivity contribution in [1.82, 2.24) is 20.1 Å². The van der Waals surface area contributed by atoms with Crippen LogP contribution in [0.5, 0.6) is 0 Å². The maximum atomic E-state index is 10.3. The van der Waals surface area contributed by atoms with Gasteiger partial charge in [0.15, 0.2) is 5.96 Å². The number of morpholine rings is 1. The van der Waals surface area contributed by atoms with Gasteiger partial charge in [0.05, 0.1) is 25.9 Å². The second kappa shape index (κ2) is 11.0. The van der Waals surface area contributed by atoms with Crippen molar-refractivity contribution in [3.8, 4) is 0 Å². The molecule has 2 aliphatic rings. The fraction of sp³-hybridized carbons (Fsp3) is 0.667. The number of hydrogen-bond acceptors (Lipinski definition) is 5. The number of pyridine rings is 1. The lowest BCUT2D eigenvalue weighted by molar-refractivity contribution is 0.0194. The highest BCUT2D eigenvalue weighted by Gasteiger charge is 2.30. The number of nitrogens with zero attached hydrogens (tertiary/aromatic N) is 4. The normalized spacial score (nSPS) is 22.8. The summed E-state index contributed by atoms with van der Waals surface area (Å²) in [4.78, 5) is 13.5. The molecule has 2 atom stereocenters. The zero-order chi connectivity index (χ0) is 17.5. The van der Waals surface area contributed by atoms with Gasteiger partial charge in [0, 0.05) is 51.2 Å². The summed E-state index contributed by atoms with van der Waals surface area (Å²) in [6.07, 6.45) is 3.94. The van der Waals surface area contributed by atoms with Crippen LogP contribution in [0.2, 0.25) is 0 Å². The highest BCUT2D eigenvalue weighted by Crippen LogP contribution is 2.18. The van der Waals surface area contributed by atoms with E-state index in [4.69, 9.17) is 4.74 Å². The summed E-state index contributed by atoms with van der Waals surface area (Å²) in [5.41, 5.74) is 0.849. The number of aromatic nitrogens is 1. The number of hydrogen-bond donors (Lipinski definition) is 2. The molecule has 0 radical (unpaired) electrons. The number of nitrogens with one attached hydrogen (secondary N) is 1. The first-order valence-electron chi connectivity index (χ1n) is 9.21. The van der Waals surface area contributed by atoms with Crippen molar-refractivity contribution < 1.29 is 9.84 Å². The van der Waals surface area contributed by atoms with Crippen molar-refractivity contribution in [2.45, 2.75) is 25.5 Å². The maximum Gasteiger partial charge on any atom is 0.194 e.